The summed E-state index contributed by atoms with van der Waals surface area (Å²) in [6, 6.07) is 7.71. The van der Waals surface area contributed by atoms with Gasteiger partial charge in [0.05, 0.1) is 25.5 Å². The Morgan fingerprint density at radius 1 is 1.03 bits per heavy atom. The van der Waals surface area contributed by atoms with Crippen molar-refractivity contribution in [1.29, 1.82) is 0 Å². The summed E-state index contributed by atoms with van der Waals surface area (Å²) in [4.78, 5) is 35.7. The molecule has 152 valence electrons. The normalized spacial score (nSPS) is 19.0. The number of hydrogen-bond donors (Lipinski definition) is 0. The maximum atomic E-state index is 12.7. The van der Waals surface area contributed by atoms with Gasteiger partial charge < -0.3 is 9.47 Å². The molecule has 0 saturated heterocycles. The molecule has 1 aliphatic rings. The summed E-state index contributed by atoms with van der Waals surface area (Å²) in [5.41, 5.74) is 4.19. The molecule has 0 N–H and O–H groups in total. The Balaban J connectivity index is 2.29. The Kier molecular flexibility index (Phi) is 5.98. The van der Waals surface area contributed by atoms with Crippen molar-refractivity contribution in [2.24, 2.45) is 10.9 Å². The van der Waals surface area contributed by atoms with E-state index in [1.54, 1.807) is 25.2 Å². The van der Waals surface area contributed by atoms with Crippen molar-refractivity contribution < 1.29 is 19.1 Å². The van der Waals surface area contributed by atoms with Crippen LogP contribution in [0.4, 0.5) is 0 Å². The topological polar surface area (TPSA) is 77.8 Å². The standard InChI is InChI=1S/C22H24N2O4S/c1-11-14(4)29-20(24-11)16-10-8-7-9-15(16)19-17(21(25)27-5)12(2)23-13(3)18(19)22(26)28-6/h7-10,17,19H,1-6H3. The zero-order valence-electron chi connectivity index (χ0n) is 17.4. The molecule has 2 unspecified atom stereocenters. The third-order valence-corrected chi connectivity index (χ3v) is 6.35. The summed E-state index contributed by atoms with van der Waals surface area (Å²) in [7, 11) is 2.67. The van der Waals surface area contributed by atoms with Gasteiger partial charge in [0.2, 0.25) is 0 Å². The van der Waals surface area contributed by atoms with Crippen LogP contribution >= 0.6 is 11.3 Å². The van der Waals surface area contributed by atoms with Crippen LogP contribution in [0.1, 0.15) is 35.9 Å². The van der Waals surface area contributed by atoms with Gasteiger partial charge in [-0.05, 0) is 33.3 Å². The number of esters is 2. The summed E-state index contributed by atoms with van der Waals surface area (Å²) in [6.45, 7) is 7.54. The third kappa shape index (κ3) is 3.74. The number of aryl methyl sites for hydroxylation is 2. The first-order chi connectivity index (χ1) is 13.8. The Morgan fingerprint density at radius 2 is 1.72 bits per heavy atom. The molecule has 0 fully saturated rings. The van der Waals surface area contributed by atoms with Gasteiger partial charge in [-0.1, -0.05) is 24.3 Å². The van der Waals surface area contributed by atoms with Crippen LogP contribution in [0.3, 0.4) is 0 Å². The smallest absolute Gasteiger partial charge is 0.336 e. The first kappa shape index (κ1) is 20.9. The predicted octanol–water partition coefficient (Wildman–Crippen LogP) is 4.22. The highest BCUT2D eigenvalue weighted by atomic mass is 32.1. The molecule has 0 spiro atoms. The Labute approximate surface area is 174 Å². The minimum absolute atomic E-state index is 0.367. The Bertz CT molecular complexity index is 1020. The summed E-state index contributed by atoms with van der Waals surface area (Å²) in [5, 5.41) is 0.848. The van der Waals surface area contributed by atoms with Crippen LogP contribution in [0.5, 0.6) is 0 Å². The number of carbonyl (C=O) groups is 2. The van der Waals surface area contributed by atoms with E-state index in [2.05, 4.69) is 4.99 Å². The van der Waals surface area contributed by atoms with Crippen molar-refractivity contribution in [1.82, 2.24) is 4.98 Å². The van der Waals surface area contributed by atoms with E-state index in [0.717, 1.165) is 26.7 Å². The average molecular weight is 413 g/mol. The second-order valence-corrected chi connectivity index (χ2v) is 8.17. The summed E-state index contributed by atoms with van der Waals surface area (Å²) in [6.07, 6.45) is 0. The van der Waals surface area contributed by atoms with Crippen molar-refractivity contribution in [2.45, 2.75) is 33.6 Å². The highest BCUT2D eigenvalue weighted by molar-refractivity contribution is 7.15. The molecule has 0 saturated carbocycles. The van der Waals surface area contributed by atoms with Crippen LogP contribution in [-0.2, 0) is 19.1 Å². The lowest BCUT2D eigenvalue weighted by molar-refractivity contribution is -0.143. The fraction of sp³-hybridized carbons (Fsp3) is 0.364. The number of ether oxygens (including phenoxy) is 2. The SMILES string of the molecule is COC(=O)C1=C(C)N=C(C)C(C(=O)OC)C1c1ccccc1-c1nc(C)c(C)s1. The van der Waals surface area contributed by atoms with Gasteiger partial charge in [0.25, 0.3) is 0 Å². The largest absolute Gasteiger partial charge is 0.468 e. The fourth-order valence-electron chi connectivity index (χ4n) is 3.73. The molecule has 0 bridgehead atoms. The van der Waals surface area contributed by atoms with E-state index in [1.165, 1.54) is 14.2 Å². The number of allylic oxidation sites excluding steroid dienone is 1. The second kappa shape index (κ2) is 8.29. The van der Waals surface area contributed by atoms with Crippen LogP contribution < -0.4 is 0 Å². The maximum Gasteiger partial charge on any atom is 0.336 e. The van der Waals surface area contributed by atoms with Crippen LogP contribution in [0, 0.1) is 19.8 Å². The molecule has 1 aromatic heterocycles. The maximum absolute atomic E-state index is 12.7. The molecule has 2 atom stereocenters. The minimum Gasteiger partial charge on any atom is -0.468 e. The molecule has 0 radical (unpaired) electrons. The van der Waals surface area contributed by atoms with Crippen LogP contribution in [0.2, 0.25) is 0 Å². The summed E-state index contributed by atoms with van der Waals surface area (Å²) >= 11 is 1.59. The van der Waals surface area contributed by atoms with Gasteiger partial charge in [-0.3, -0.25) is 9.79 Å². The van der Waals surface area contributed by atoms with Gasteiger partial charge >= 0.3 is 11.9 Å². The zero-order chi connectivity index (χ0) is 21.3. The molecule has 1 aliphatic heterocycles. The number of rotatable bonds is 4. The molecule has 2 heterocycles. The van der Waals surface area contributed by atoms with Crippen LogP contribution in [0.25, 0.3) is 10.6 Å². The summed E-state index contributed by atoms with van der Waals surface area (Å²) in [5.74, 6) is -2.24. The first-order valence-corrected chi connectivity index (χ1v) is 10.1. The molecule has 2 aromatic rings. The highest BCUT2D eigenvalue weighted by Gasteiger charge is 2.43. The molecule has 1 aromatic carbocycles. The Hall–Kier alpha value is -2.80. The van der Waals surface area contributed by atoms with Crippen LogP contribution in [-0.4, -0.2) is 36.9 Å². The number of nitrogens with zero attached hydrogens (tertiary/aromatic N) is 2. The Morgan fingerprint density at radius 3 is 2.31 bits per heavy atom. The zero-order valence-corrected chi connectivity index (χ0v) is 18.2. The lowest BCUT2D eigenvalue weighted by Gasteiger charge is -2.32. The van der Waals surface area contributed by atoms with Gasteiger partial charge in [-0.25, -0.2) is 9.78 Å². The summed E-state index contributed by atoms with van der Waals surface area (Å²) < 4.78 is 10.1. The number of thiazole rings is 1. The van der Waals surface area contributed by atoms with Gasteiger partial charge in [-0.2, -0.15) is 0 Å². The number of aromatic nitrogens is 1. The van der Waals surface area contributed by atoms with Crippen molar-refractivity contribution in [3.05, 3.63) is 51.7 Å². The predicted molar refractivity (Wildman–Crippen MR) is 113 cm³/mol. The van der Waals surface area contributed by atoms with Crippen molar-refractivity contribution in [2.75, 3.05) is 14.2 Å². The highest BCUT2D eigenvalue weighted by Crippen LogP contribution is 2.44. The molecule has 7 heteroatoms. The van der Waals surface area contributed by atoms with Crippen molar-refractivity contribution in [3.8, 4) is 10.6 Å². The minimum atomic E-state index is -0.721. The molecule has 29 heavy (non-hydrogen) atoms. The van der Waals surface area contributed by atoms with Crippen molar-refractivity contribution in [3.63, 3.8) is 0 Å². The van der Waals surface area contributed by atoms with Gasteiger partial charge in [0, 0.05) is 27.8 Å². The van der Waals surface area contributed by atoms with Crippen LogP contribution in [0.15, 0.2) is 40.5 Å². The number of carbonyl (C=O) groups excluding carboxylic acids is 2. The monoisotopic (exact) mass is 412 g/mol. The molecule has 3 rings (SSSR count). The van der Waals surface area contributed by atoms with E-state index in [0.29, 0.717) is 17.0 Å². The lowest BCUT2D eigenvalue weighted by Crippen LogP contribution is -2.36. The first-order valence-electron chi connectivity index (χ1n) is 9.25. The van der Waals surface area contributed by atoms with E-state index in [4.69, 9.17) is 14.5 Å². The number of methoxy groups -OCH3 is 2. The van der Waals surface area contributed by atoms with E-state index in [9.17, 15) is 9.59 Å². The van der Waals surface area contributed by atoms with Gasteiger partial charge in [0.15, 0.2) is 0 Å². The molecule has 6 nitrogen and oxygen atoms in total. The third-order valence-electron chi connectivity index (χ3n) is 5.24. The average Bonchev–Trinajstić information content (AvgIpc) is 3.04. The lowest BCUT2D eigenvalue weighted by atomic mass is 9.74. The van der Waals surface area contributed by atoms with E-state index < -0.39 is 23.8 Å². The van der Waals surface area contributed by atoms with Gasteiger partial charge in [0.1, 0.15) is 10.9 Å². The number of aliphatic imine (C=N–C) groups is 1. The molecule has 0 amide bonds. The molecule has 0 aliphatic carbocycles. The number of benzene rings is 1. The second-order valence-electron chi connectivity index (χ2n) is 6.97. The fourth-order valence-corrected chi connectivity index (χ4v) is 4.69. The molecular formula is C22H24N2O4S. The van der Waals surface area contributed by atoms with Crippen molar-refractivity contribution >= 4 is 29.0 Å². The number of hydrogen-bond acceptors (Lipinski definition) is 7. The van der Waals surface area contributed by atoms with Gasteiger partial charge in [-0.15, -0.1) is 11.3 Å². The quantitative estimate of drug-likeness (QED) is 0.703. The van der Waals surface area contributed by atoms with E-state index >= 15 is 0 Å². The van der Waals surface area contributed by atoms with E-state index in [1.807, 2.05) is 38.1 Å². The van der Waals surface area contributed by atoms with E-state index in [-0.39, 0.29) is 0 Å². The molecular weight excluding hydrogens is 388 g/mol.